The fourth-order valence-electron chi connectivity index (χ4n) is 3.39. The standard InChI is InChI=1S/C22H28N4O3.ClH/c1-16(24-20(27)22(15-23)11-13-29-14-12-22)17-7-9-19(10-8-17)26-21(28)25-18-5-3-2-4-6-18;/h2-10,16H,11-15,23H2,1H3,(H,24,27)(H2,25,26,28);1H. The minimum Gasteiger partial charge on any atom is -0.381 e. The van der Waals surface area contributed by atoms with E-state index in [-0.39, 0.29) is 30.4 Å². The van der Waals surface area contributed by atoms with Crippen molar-refractivity contribution in [2.24, 2.45) is 11.1 Å². The first kappa shape index (κ1) is 23.7. The minimum absolute atomic E-state index is 0. The van der Waals surface area contributed by atoms with Gasteiger partial charge in [0.25, 0.3) is 0 Å². The van der Waals surface area contributed by atoms with Crippen LogP contribution in [0.1, 0.15) is 31.4 Å². The van der Waals surface area contributed by atoms with Gasteiger partial charge >= 0.3 is 6.03 Å². The van der Waals surface area contributed by atoms with E-state index in [4.69, 9.17) is 10.5 Å². The summed E-state index contributed by atoms with van der Waals surface area (Å²) in [6, 6.07) is 16.2. The van der Waals surface area contributed by atoms with Crippen molar-refractivity contribution in [1.29, 1.82) is 0 Å². The first-order valence-electron chi connectivity index (χ1n) is 9.84. The lowest BCUT2D eigenvalue weighted by Crippen LogP contribution is -2.49. The number of hydrogen-bond donors (Lipinski definition) is 4. The van der Waals surface area contributed by atoms with Gasteiger partial charge < -0.3 is 26.4 Å². The van der Waals surface area contributed by atoms with Gasteiger partial charge in [0.1, 0.15) is 0 Å². The van der Waals surface area contributed by atoms with Crippen LogP contribution in [0, 0.1) is 5.41 Å². The molecule has 5 N–H and O–H groups in total. The van der Waals surface area contributed by atoms with Gasteiger partial charge in [-0.05, 0) is 49.6 Å². The van der Waals surface area contributed by atoms with Crippen LogP contribution in [0.4, 0.5) is 16.2 Å². The van der Waals surface area contributed by atoms with Crippen molar-refractivity contribution in [2.75, 3.05) is 30.4 Å². The van der Waals surface area contributed by atoms with Gasteiger partial charge in [-0.1, -0.05) is 30.3 Å². The minimum atomic E-state index is -0.552. The van der Waals surface area contributed by atoms with Crippen LogP contribution < -0.4 is 21.7 Å². The number of amides is 3. The number of carbonyl (C=O) groups is 2. The summed E-state index contributed by atoms with van der Waals surface area (Å²) in [7, 11) is 0. The SMILES string of the molecule is CC(NC(=O)C1(CN)CCOCC1)c1ccc(NC(=O)Nc2ccccc2)cc1.Cl. The number of nitrogens with one attached hydrogen (secondary N) is 3. The molecule has 0 aliphatic carbocycles. The lowest BCUT2D eigenvalue weighted by Gasteiger charge is -2.35. The Morgan fingerprint density at radius 3 is 2.13 bits per heavy atom. The van der Waals surface area contributed by atoms with Crippen molar-refractivity contribution in [3.8, 4) is 0 Å². The number of urea groups is 1. The Hall–Kier alpha value is -2.61. The van der Waals surface area contributed by atoms with Crippen LogP contribution in [0.3, 0.4) is 0 Å². The van der Waals surface area contributed by atoms with Crippen LogP contribution in [-0.2, 0) is 9.53 Å². The molecule has 8 heteroatoms. The van der Waals surface area contributed by atoms with Gasteiger partial charge in [-0.2, -0.15) is 0 Å². The van der Waals surface area contributed by atoms with E-state index in [0.29, 0.717) is 38.3 Å². The van der Waals surface area contributed by atoms with Crippen LogP contribution >= 0.6 is 12.4 Å². The maximum absolute atomic E-state index is 12.8. The Bertz CT molecular complexity index is 824. The molecule has 2 aromatic carbocycles. The number of carbonyl (C=O) groups excluding carboxylic acids is 2. The van der Waals surface area contributed by atoms with Crippen molar-refractivity contribution < 1.29 is 14.3 Å². The zero-order chi connectivity index (χ0) is 20.7. The van der Waals surface area contributed by atoms with Gasteiger partial charge in [-0.15, -0.1) is 12.4 Å². The smallest absolute Gasteiger partial charge is 0.323 e. The summed E-state index contributed by atoms with van der Waals surface area (Å²) in [6.07, 6.45) is 1.28. The second kappa shape index (κ2) is 11.0. The summed E-state index contributed by atoms with van der Waals surface area (Å²) >= 11 is 0. The molecule has 1 fully saturated rings. The molecule has 0 spiro atoms. The first-order chi connectivity index (χ1) is 14.0. The molecular formula is C22H29ClN4O3. The van der Waals surface area contributed by atoms with E-state index in [2.05, 4.69) is 16.0 Å². The molecule has 30 heavy (non-hydrogen) atoms. The average Bonchev–Trinajstić information content (AvgIpc) is 2.75. The molecule has 0 bridgehead atoms. The van der Waals surface area contributed by atoms with E-state index in [1.165, 1.54) is 0 Å². The topological polar surface area (TPSA) is 105 Å². The van der Waals surface area contributed by atoms with Gasteiger partial charge in [-0.3, -0.25) is 4.79 Å². The molecule has 1 aliphatic rings. The van der Waals surface area contributed by atoms with E-state index < -0.39 is 5.41 Å². The van der Waals surface area contributed by atoms with E-state index >= 15 is 0 Å². The van der Waals surface area contributed by atoms with E-state index in [9.17, 15) is 9.59 Å². The molecule has 3 rings (SSSR count). The zero-order valence-electron chi connectivity index (χ0n) is 17.0. The number of hydrogen-bond acceptors (Lipinski definition) is 4. The van der Waals surface area contributed by atoms with Crippen LogP contribution in [0.5, 0.6) is 0 Å². The Labute approximate surface area is 183 Å². The Morgan fingerprint density at radius 2 is 1.57 bits per heavy atom. The van der Waals surface area contributed by atoms with Crippen LogP contribution in [0.2, 0.25) is 0 Å². The molecular weight excluding hydrogens is 404 g/mol. The molecule has 1 unspecified atom stereocenters. The molecule has 1 saturated heterocycles. The number of nitrogens with two attached hydrogens (primary N) is 1. The van der Waals surface area contributed by atoms with Crippen LogP contribution in [0.25, 0.3) is 0 Å². The summed E-state index contributed by atoms with van der Waals surface area (Å²) < 4.78 is 5.37. The van der Waals surface area contributed by atoms with Gasteiger partial charge in [-0.25, -0.2) is 4.79 Å². The molecule has 7 nitrogen and oxygen atoms in total. The van der Waals surface area contributed by atoms with Crippen molar-refractivity contribution in [2.45, 2.75) is 25.8 Å². The maximum Gasteiger partial charge on any atom is 0.323 e. The van der Waals surface area contributed by atoms with Gasteiger partial charge in [0.05, 0.1) is 11.5 Å². The third kappa shape index (κ3) is 5.95. The fraction of sp³-hybridized carbons (Fsp3) is 0.364. The van der Waals surface area contributed by atoms with E-state index in [0.717, 1.165) is 11.3 Å². The quantitative estimate of drug-likeness (QED) is 0.558. The van der Waals surface area contributed by atoms with E-state index in [1.54, 1.807) is 0 Å². The number of ether oxygens (including phenoxy) is 1. The molecule has 162 valence electrons. The number of benzene rings is 2. The van der Waals surface area contributed by atoms with Gasteiger partial charge in [0.15, 0.2) is 0 Å². The van der Waals surface area contributed by atoms with Crippen molar-refractivity contribution >= 4 is 35.7 Å². The molecule has 1 heterocycles. The monoisotopic (exact) mass is 432 g/mol. The second-order valence-corrected chi connectivity index (χ2v) is 7.36. The molecule has 0 radical (unpaired) electrons. The predicted octanol–water partition coefficient (Wildman–Crippen LogP) is 3.69. The molecule has 1 atom stereocenters. The highest BCUT2D eigenvalue weighted by molar-refractivity contribution is 5.99. The number of halogens is 1. The summed E-state index contributed by atoms with van der Waals surface area (Å²) in [4.78, 5) is 24.9. The molecule has 3 amide bonds. The average molecular weight is 433 g/mol. The van der Waals surface area contributed by atoms with Crippen LogP contribution in [0.15, 0.2) is 54.6 Å². The molecule has 2 aromatic rings. The molecule has 0 aromatic heterocycles. The highest BCUT2D eigenvalue weighted by atomic mass is 35.5. The van der Waals surface area contributed by atoms with Crippen molar-refractivity contribution in [1.82, 2.24) is 5.32 Å². The lowest BCUT2D eigenvalue weighted by atomic mass is 9.79. The predicted molar refractivity (Wildman–Crippen MR) is 121 cm³/mol. The summed E-state index contributed by atoms with van der Waals surface area (Å²) in [5, 5.41) is 8.64. The normalized spacial score (nSPS) is 15.9. The van der Waals surface area contributed by atoms with Crippen LogP contribution in [-0.4, -0.2) is 31.7 Å². The van der Waals surface area contributed by atoms with E-state index in [1.807, 2.05) is 61.5 Å². The summed E-state index contributed by atoms with van der Waals surface area (Å²) in [5.41, 5.74) is 7.70. The fourth-order valence-corrected chi connectivity index (χ4v) is 3.39. The van der Waals surface area contributed by atoms with Crippen molar-refractivity contribution in [3.63, 3.8) is 0 Å². The largest absolute Gasteiger partial charge is 0.381 e. The number of anilines is 2. The zero-order valence-corrected chi connectivity index (χ0v) is 17.8. The summed E-state index contributed by atoms with van der Waals surface area (Å²) in [6.45, 7) is 3.37. The third-order valence-corrected chi connectivity index (χ3v) is 5.37. The van der Waals surface area contributed by atoms with Crippen molar-refractivity contribution in [3.05, 3.63) is 60.2 Å². The van der Waals surface area contributed by atoms with Gasteiger partial charge in [0, 0.05) is 31.1 Å². The highest BCUT2D eigenvalue weighted by Crippen LogP contribution is 2.30. The highest BCUT2D eigenvalue weighted by Gasteiger charge is 2.39. The number of para-hydroxylation sites is 1. The Balaban J connectivity index is 0.00000320. The Kier molecular flexibility index (Phi) is 8.65. The Morgan fingerprint density at radius 1 is 1.00 bits per heavy atom. The molecule has 1 aliphatic heterocycles. The second-order valence-electron chi connectivity index (χ2n) is 7.36. The number of rotatable bonds is 6. The summed E-state index contributed by atoms with van der Waals surface area (Å²) in [5.74, 6) is -0.0276. The lowest BCUT2D eigenvalue weighted by molar-refractivity contribution is -0.136. The molecule has 0 saturated carbocycles. The first-order valence-corrected chi connectivity index (χ1v) is 9.84. The maximum atomic E-state index is 12.8. The third-order valence-electron chi connectivity index (χ3n) is 5.37. The van der Waals surface area contributed by atoms with Gasteiger partial charge in [0.2, 0.25) is 5.91 Å².